The Morgan fingerprint density at radius 1 is 1.21 bits per heavy atom. The van der Waals surface area contributed by atoms with E-state index in [1.165, 1.54) is 14.2 Å². The number of nitrogens with one attached hydrogen (secondary N) is 2. The molecule has 3 rings (SSSR count). The Hall–Kier alpha value is -3.42. The molecular weight excluding hydrogens is 310 g/mol. The van der Waals surface area contributed by atoms with E-state index in [1.807, 2.05) is 6.07 Å². The molecule has 8 nitrogen and oxygen atoms in total. The molecule has 1 aromatic carbocycles. The molecule has 0 spiro atoms. The monoisotopic (exact) mass is 325 g/mol. The molecule has 24 heavy (non-hydrogen) atoms. The summed E-state index contributed by atoms with van der Waals surface area (Å²) in [6, 6.07) is 10.2. The molecule has 2 heterocycles. The molecule has 0 saturated carbocycles. The number of esters is 1. The zero-order valence-corrected chi connectivity index (χ0v) is 13.1. The van der Waals surface area contributed by atoms with Crippen LogP contribution in [0.4, 0.5) is 10.6 Å². The summed E-state index contributed by atoms with van der Waals surface area (Å²) in [6.45, 7) is 0. The summed E-state index contributed by atoms with van der Waals surface area (Å²) in [7, 11) is 2.86. The fraction of sp³-hybridized carbons (Fsp3) is 0.125. The van der Waals surface area contributed by atoms with Crippen molar-refractivity contribution in [3.05, 3.63) is 48.2 Å². The SMILES string of the molecule is CNC(=O)Nc1cn2nc(-c3cccc(C(=O)OC)c3)ccc2n1. The molecule has 2 amide bonds. The van der Waals surface area contributed by atoms with Crippen molar-refractivity contribution in [2.75, 3.05) is 19.5 Å². The third kappa shape index (κ3) is 3.02. The molecule has 0 bridgehead atoms. The molecule has 8 heteroatoms. The van der Waals surface area contributed by atoms with Crippen molar-refractivity contribution in [1.82, 2.24) is 19.9 Å². The lowest BCUT2D eigenvalue weighted by Crippen LogP contribution is -2.24. The highest BCUT2D eigenvalue weighted by molar-refractivity contribution is 5.91. The van der Waals surface area contributed by atoms with E-state index >= 15 is 0 Å². The van der Waals surface area contributed by atoms with Gasteiger partial charge in [-0.15, -0.1) is 0 Å². The second-order valence-corrected chi connectivity index (χ2v) is 4.92. The smallest absolute Gasteiger partial charge is 0.337 e. The Balaban J connectivity index is 1.96. The summed E-state index contributed by atoms with van der Waals surface area (Å²) in [4.78, 5) is 27.2. The first-order valence-electron chi connectivity index (χ1n) is 7.14. The summed E-state index contributed by atoms with van der Waals surface area (Å²) in [5.74, 6) is -0.0139. The highest BCUT2D eigenvalue weighted by atomic mass is 16.5. The van der Waals surface area contributed by atoms with E-state index < -0.39 is 5.97 Å². The molecular formula is C16H15N5O3. The van der Waals surface area contributed by atoms with E-state index in [4.69, 9.17) is 4.74 Å². The van der Waals surface area contributed by atoms with Gasteiger partial charge in [0.1, 0.15) is 0 Å². The third-order valence-corrected chi connectivity index (χ3v) is 3.37. The van der Waals surface area contributed by atoms with Crippen LogP contribution in [0.15, 0.2) is 42.6 Å². The van der Waals surface area contributed by atoms with Crippen molar-refractivity contribution in [2.45, 2.75) is 0 Å². The lowest BCUT2D eigenvalue weighted by molar-refractivity contribution is 0.0600. The Kier molecular flexibility index (Phi) is 4.11. The number of ether oxygens (including phenoxy) is 1. The van der Waals surface area contributed by atoms with Crippen LogP contribution >= 0.6 is 0 Å². The summed E-state index contributed by atoms with van der Waals surface area (Å²) in [5.41, 5.74) is 2.48. The van der Waals surface area contributed by atoms with Gasteiger partial charge in [0, 0.05) is 12.6 Å². The highest BCUT2D eigenvalue weighted by Gasteiger charge is 2.10. The standard InChI is InChI=1S/C16H15N5O3/c1-17-16(23)19-13-9-21-14(18-13)7-6-12(20-21)10-4-3-5-11(8-10)15(22)24-2/h3-9H,1-2H3,(H2,17,19,23). The van der Waals surface area contributed by atoms with Crippen LogP contribution in [-0.2, 0) is 4.74 Å². The number of nitrogens with zero attached hydrogens (tertiary/aromatic N) is 3. The van der Waals surface area contributed by atoms with Gasteiger partial charge in [-0.1, -0.05) is 12.1 Å². The fourth-order valence-electron chi connectivity index (χ4n) is 2.20. The van der Waals surface area contributed by atoms with Crippen LogP contribution in [0.1, 0.15) is 10.4 Å². The summed E-state index contributed by atoms with van der Waals surface area (Å²) in [5, 5.41) is 9.50. The maximum absolute atomic E-state index is 11.6. The lowest BCUT2D eigenvalue weighted by atomic mass is 10.1. The molecule has 0 aliphatic carbocycles. The summed E-state index contributed by atoms with van der Waals surface area (Å²) < 4.78 is 6.29. The second-order valence-electron chi connectivity index (χ2n) is 4.92. The van der Waals surface area contributed by atoms with E-state index in [0.29, 0.717) is 22.7 Å². The maximum atomic E-state index is 11.6. The van der Waals surface area contributed by atoms with Crippen LogP contribution in [0.25, 0.3) is 16.9 Å². The quantitative estimate of drug-likeness (QED) is 0.717. The van der Waals surface area contributed by atoms with Crippen molar-refractivity contribution in [2.24, 2.45) is 0 Å². The van der Waals surface area contributed by atoms with Gasteiger partial charge in [-0.25, -0.2) is 19.1 Å². The predicted molar refractivity (Wildman–Crippen MR) is 87.8 cm³/mol. The predicted octanol–water partition coefficient (Wildman–Crippen LogP) is 1.93. The second kappa shape index (κ2) is 6.37. The van der Waals surface area contributed by atoms with E-state index in [-0.39, 0.29) is 6.03 Å². The van der Waals surface area contributed by atoms with Gasteiger partial charge in [0.05, 0.1) is 24.6 Å². The summed E-state index contributed by atoms with van der Waals surface area (Å²) >= 11 is 0. The van der Waals surface area contributed by atoms with Crippen molar-refractivity contribution in [3.63, 3.8) is 0 Å². The minimum Gasteiger partial charge on any atom is -0.465 e. The topological polar surface area (TPSA) is 97.6 Å². The lowest BCUT2D eigenvalue weighted by Gasteiger charge is -2.04. The average molecular weight is 325 g/mol. The molecule has 0 saturated heterocycles. The van der Waals surface area contributed by atoms with E-state index in [1.54, 1.807) is 41.0 Å². The summed E-state index contributed by atoms with van der Waals surface area (Å²) in [6.07, 6.45) is 1.61. The van der Waals surface area contributed by atoms with Crippen molar-refractivity contribution >= 4 is 23.5 Å². The van der Waals surface area contributed by atoms with Gasteiger partial charge >= 0.3 is 12.0 Å². The largest absolute Gasteiger partial charge is 0.465 e. The maximum Gasteiger partial charge on any atom is 0.337 e. The van der Waals surface area contributed by atoms with Crippen LogP contribution in [0.2, 0.25) is 0 Å². The number of rotatable bonds is 3. The molecule has 0 atom stereocenters. The Morgan fingerprint density at radius 3 is 2.79 bits per heavy atom. The first kappa shape index (κ1) is 15.5. The van der Waals surface area contributed by atoms with Crippen LogP contribution < -0.4 is 10.6 Å². The third-order valence-electron chi connectivity index (χ3n) is 3.37. The number of carbonyl (C=O) groups is 2. The van der Waals surface area contributed by atoms with Gasteiger partial charge in [0.2, 0.25) is 0 Å². The van der Waals surface area contributed by atoms with Crippen LogP contribution in [0.5, 0.6) is 0 Å². The fourth-order valence-corrected chi connectivity index (χ4v) is 2.20. The first-order valence-corrected chi connectivity index (χ1v) is 7.14. The van der Waals surface area contributed by atoms with Gasteiger partial charge in [-0.3, -0.25) is 5.32 Å². The van der Waals surface area contributed by atoms with Gasteiger partial charge in [0.25, 0.3) is 0 Å². The number of aromatic nitrogens is 3. The molecule has 0 aliphatic rings. The molecule has 2 N–H and O–H groups in total. The minimum absolute atomic E-state index is 0.357. The molecule has 2 aromatic heterocycles. The van der Waals surface area contributed by atoms with Crippen LogP contribution in [-0.4, -0.2) is 40.8 Å². The zero-order valence-electron chi connectivity index (χ0n) is 13.1. The number of fused-ring (bicyclic) bond motifs is 1. The van der Waals surface area contributed by atoms with Crippen LogP contribution in [0, 0.1) is 0 Å². The number of methoxy groups -OCH3 is 1. The van der Waals surface area contributed by atoms with Crippen molar-refractivity contribution < 1.29 is 14.3 Å². The number of carbonyl (C=O) groups excluding carboxylic acids is 2. The Morgan fingerprint density at radius 2 is 2.04 bits per heavy atom. The molecule has 0 fully saturated rings. The molecule has 0 unspecified atom stereocenters. The van der Waals surface area contributed by atoms with E-state index in [0.717, 1.165) is 5.56 Å². The van der Waals surface area contributed by atoms with Gasteiger partial charge in [0.15, 0.2) is 11.5 Å². The van der Waals surface area contributed by atoms with Crippen molar-refractivity contribution in [1.29, 1.82) is 0 Å². The Bertz CT molecular complexity index is 919. The van der Waals surface area contributed by atoms with Crippen LogP contribution in [0.3, 0.4) is 0 Å². The highest BCUT2D eigenvalue weighted by Crippen LogP contribution is 2.20. The molecule has 0 radical (unpaired) electrons. The normalized spacial score (nSPS) is 10.4. The minimum atomic E-state index is -0.405. The van der Waals surface area contributed by atoms with Gasteiger partial charge < -0.3 is 10.1 Å². The zero-order chi connectivity index (χ0) is 17.1. The van der Waals surface area contributed by atoms with E-state index in [2.05, 4.69) is 20.7 Å². The average Bonchev–Trinajstić information content (AvgIpc) is 3.02. The number of anilines is 1. The van der Waals surface area contributed by atoms with Gasteiger partial charge in [-0.05, 0) is 24.3 Å². The number of imidazole rings is 1. The number of amides is 2. The molecule has 122 valence electrons. The van der Waals surface area contributed by atoms with Crippen molar-refractivity contribution in [3.8, 4) is 11.3 Å². The molecule has 0 aliphatic heterocycles. The molecule has 3 aromatic rings. The number of benzene rings is 1. The van der Waals surface area contributed by atoms with E-state index in [9.17, 15) is 9.59 Å². The first-order chi connectivity index (χ1) is 11.6. The Labute approximate surface area is 137 Å². The number of hydrogen-bond donors (Lipinski definition) is 2. The van der Waals surface area contributed by atoms with Gasteiger partial charge in [-0.2, -0.15) is 5.10 Å². The number of urea groups is 1. The number of hydrogen-bond acceptors (Lipinski definition) is 5.